The van der Waals surface area contributed by atoms with Gasteiger partial charge in [-0.15, -0.1) is 11.3 Å². The van der Waals surface area contributed by atoms with Crippen molar-refractivity contribution >= 4 is 64.4 Å². The largest absolute Gasteiger partial charge is 1.00 e. The zero-order chi connectivity index (χ0) is 42.5. The average molecular weight is 882 g/mol. The van der Waals surface area contributed by atoms with Crippen molar-refractivity contribution in [3.63, 3.8) is 0 Å². The fourth-order valence-corrected chi connectivity index (χ4v) is 9.06. The summed E-state index contributed by atoms with van der Waals surface area (Å²) < 4.78 is 73.4. The summed E-state index contributed by atoms with van der Waals surface area (Å²) in [7, 11) is -1.71. The monoisotopic (exact) mass is 880 g/mol. The Morgan fingerprint density at radius 1 is 0.746 bits per heavy atom. The zero-order valence-corrected chi connectivity index (χ0v) is 37.6. The predicted molar refractivity (Wildman–Crippen MR) is 236 cm³/mol. The molecule has 0 amide bonds. The number of aromatic nitrogens is 1. The number of hydrogen-bond acceptors (Lipinski definition) is 9. The summed E-state index contributed by atoms with van der Waals surface area (Å²) in [4.78, 5) is 8.44. The van der Waals surface area contributed by atoms with Crippen LogP contribution in [-0.2, 0) is 20.2 Å². The van der Waals surface area contributed by atoms with Crippen molar-refractivity contribution in [1.82, 2.24) is 9.56 Å². The molecule has 0 unspecified atom stereocenters. The van der Waals surface area contributed by atoms with Crippen LogP contribution in [0, 0.1) is 0 Å². The predicted octanol–water partition coefficient (Wildman–Crippen LogP) is 3.66. The molecule has 0 aromatic heterocycles. The molecular weight excluding hydrogens is 830 g/mol. The highest BCUT2D eigenvalue weighted by Gasteiger charge is 2.28. The van der Waals surface area contributed by atoms with Gasteiger partial charge in [0.25, 0.3) is 20.2 Å². The Bertz CT molecular complexity index is 2710. The zero-order valence-electron chi connectivity index (χ0n) is 34.4. The Hall–Kier alpha value is -4.90. The molecule has 6 rings (SSSR count). The average Bonchev–Trinajstić information content (AvgIpc) is 3.18. The van der Waals surface area contributed by atoms with Crippen molar-refractivity contribution in [3.8, 4) is 16.3 Å². The van der Waals surface area contributed by atoms with E-state index in [2.05, 4.69) is 83.5 Å². The van der Waals surface area contributed by atoms with Crippen LogP contribution in [0.4, 0.5) is 11.4 Å². The number of phenolic OH excluding ortho intramolecular Hbond substituents is 1. The minimum Gasteiger partial charge on any atom is -1.00 e. The van der Waals surface area contributed by atoms with Gasteiger partial charge in [-0.1, -0.05) is 12.1 Å². The maximum atomic E-state index is 12.4. The molecule has 3 aromatic rings. The highest BCUT2D eigenvalue weighted by Crippen LogP contribution is 2.39. The lowest BCUT2D eigenvalue weighted by Crippen LogP contribution is -3.00. The van der Waals surface area contributed by atoms with E-state index in [4.69, 9.17) is 4.98 Å². The van der Waals surface area contributed by atoms with E-state index in [1.54, 1.807) is 35.6 Å². The van der Waals surface area contributed by atoms with Crippen molar-refractivity contribution in [2.24, 2.45) is 0 Å². The number of fused-ring (bicyclic) bond motifs is 2. The Labute approximate surface area is 357 Å². The first-order valence-corrected chi connectivity index (χ1v) is 22.5. The quantitative estimate of drug-likeness (QED) is 0.108. The van der Waals surface area contributed by atoms with E-state index >= 15 is 0 Å². The van der Waals surface area contributed by atoms with E-state index in [9.17, 15) is 31.0 Å². The third kappa shape index (κ3) is 10.8. The van der Waals surface area contributed by atoms with E-state index in [1.807, 2.05) is 52.0 Å². The number of aromatic hydroxyl groups is 1. The summed E-state index contributed by atoms with van der Waals surface area (Å²) >= 11 is 1.80. The van der Waals surface area contributed by atoms with Crippen LogP contribution in [0.25, 0.3) is 26.4 Å². The van der Waals surface area contributed by atoms with E-state index in [0.29, 0.717) is 22.8 Å². The van der Waals surface area contributed by atoms with Gasteiger partial charge in [0.15, 0.2) is 5.71 Å². The van der Waals surface area contributed by atoms with Crippen LogP contribution in [0.2, 0.25) is 0 Å². The Balaban J connectivity index is 0.000000306. The molecule has 0 bridgehead atoms. The van der Waals surface area contributed by atoms with Crippen LogP contribution in [0.1, 0.15) is 38.8 Å². The molecule has 0 fully saturated rings. The molecule has 0 radical (unpaired) electrons. The van der Waals surface area contributed by atoms with E-state index in [-0.39, 0.29) is 18.0 Å². The molecule has 1 aliphatic heterocycles. The van der Waals surface area contributed by atoms with Gasteiger partial charge in [0.1, 0.15) is 42.7 Å². The highest BCUT2D eigenvalue weighted by atomic mass is 35.5. The maximum absolute atomic E-state index is 12.4. The molecule has 0 saturated heterocycles. The van der Waals surface area contributed by atoms with Gasteiger partial charge in [-0.25, -0.2) is 14.1 Å². The number of allylic oxidation sites excluding steroid dienone is 5. The van der Waals surface area contributed by atoms with Crippen LogP contribution in [0.3, 0.4) is 0 Å². The summed E-state index contributed by atoms with van der Waals surface area (Å²) in [6.07, 6.45) is 7.35. The molecule has 0 atom stereocenters. The van der Waals surface area contributed by atoms with Crippen molar-refractivity contribution in [2.45, 2.75) is 37.5 Å². The highest BCUT2D eigenvalue weighted by molar-refractivity contribution is 7.86. The van der Waals surface area contributed by atoms with Crippen LogP contribution >= 0.6 is 11.3 Å². The molecule has 0 spiro atoms. The van der Waals surface area contributed by atoms with Crippen LogP contribution in [-0.4, -0.2) is 101 Å². The fraction of sp³-hybridized carbons (Fsp3) is 0.279. The molecule has 314 valence electrons. The molecule has 3 N–H and O–H groups in total. The number of hydrogen-bond donors (Lipinski definition) is 3. The second kappa shape index (κ2) is 19.4. The first kappa shape index (κ1) is 46.8. The van der Waals surface area contributed by atoms with Gasteiger partial charge in [-0.2, -0.15) is 16.8 Å². The van der Waals surface area contributed by atoms with Crippen molar-refractivity contribution in [1.29, 1.82) is 0 Å². The van der Waals surface area contributed by atoms with Crippen LogP contribution in [0.15, 0.2) is 112 Å². The molecule has 1 heterocycles. The Morgan fingerprint density at radius 2 is 1.34 bits per heavy atom. The Kier molecular flexibility index (Phi) is 15.4. The van der Waals surface area contributed by atoms with Crippen LogP contribution < -0.4 is 32.1 Å². The number of halogens is 1. The third-order valence-electron chi connectivity index (χ3n) is 9.84. The summed E-state index contributed by atoms with van der Waals surface area (Å²) in [6.45, 7) is 11.3. The fourth-order valence-electron chi connectivity index (χ4n) is 6.66. The van der Waals surface area contributed by atoms with Crippen molar-refractivity contribution in [2.75, 3.05) is 64.2 Å². The number of anilines is 2. The minimum absolute atomic E-state index is 0. The number of phenols is 1. The van der Waals surface area contributed by atoms with Gasteiger partial charge >= 0.3 is 0 Å². The smallest absolute Gasteiger partial charge is 0.298 e. The summed E-state index contributed by atoms with van der Waals surface area (Å²) in [5, 5.41) is 11.7. The number of benzene rings is 4. The van der Waals surface area contributed by atoms with Gasteiger partial charge < -0.3 is 27.3 Å². The lowest BCUT2D eigenvalue weighted by Gasteiger charge is -2.22. The van der Waals surface area contributed by atoms with Crippen LogP contribution in [0.5, 0.6) is 5.75 Å². The van der Waals surface area contributed by atoms with Crippen molar-refractivity contribution < 1.29 is 48.0 Å². The first-order chi connectivity index (χ1) is 27.4. The molecule has 3 aliphatic rings. The SMILES string of the molecule is CCN(CC)c1ccc(C(=C2C=CC(=[N+](CC)CC)C=C2)c2cc(O)c(S(=O)(=O)O)cc2S(=O)(=O)O)cc1.CN(C)c1ccc2nc3ccc(=[N+](C)C)cc-3sc2c1.[Cl-]. The van der Waals surface area contributed by atoms with E-state index in [1.165, 1.54) is 20.6 Å². The standard InChI is InChI=1S/C27H32N2O7S2.C16H18N3S.ClH/c1-5-28(6-2)21-13-9-19(10-14-21)27(20-11-15-22(16-12-20)29(7-3)8-4)23-17-24(30)26(38(34,35)36)18-25(23)37(31,32)33;1-18(2)11-5-7-13-15(9-11)20-16-10-12(19(3)4)6-8-14(16)17-13;/h9-18H,5-8H2,1-4H3,(H2-,30,31,32,33,34,35,36);5-10H,1-4H3;1H/q;+1;. The van der Waals surface area contributed by atoms with Gasteiger partial charge in [0.05, 0.1) is 20.8 Å². The van der Waals surface area contributed by atoms with E-state index < -0.39 is 35.8 Å². The lowest BCUT2D eigenvalue weighted by molar-refractivity contribution is -0.519. The number of nitrogens with zero attached hydrogens (tertiary/aromatic N) is 5. The van der Waals surface area contributed by atoms with Gasteiger partial charge in [-0.3, -0.25) is 9.11 Å². The van der Waals surface area contributed by atoms with Crippen molar-refractivity contribution in [3.05, 3.63) is 119 Å². The summed E-state index contributed by atoms with van der Waals surface area (Å²) in [5.41, 5.74) is 6.59. The van der Waals surface area contributed by atoms with Gasteiger partial charge in [0, 0.05) is 68.4 Å². The minimum atomic E-state index is -4.98. The topological polar surface area (TPSA) is 154 Å². The normalized spacial score (nSPS) is 12.5. The second-order valence-electron chi connectivity index (χ2n) is 13.9. The molecule has 2 aliphatic carbocycles. The van der Waals surface area contributed by atoms with E-state index in [0.717, 1.165) is 54.9 Å². The summed E-state index contributed by atoms with van der Waals surface area (Å²) in [5.74, 6) is -0.855. The maximum Gasteiger partial charge on any atom is 0.298 e. The molecule has 3 aromatic carbocycles. The molecule has 16 heteroatoms. The summed E-state index contributed by atoms with van der Waals surface area (Å²) in [6, 6.07) is 21.7. The lowest BCUT2D eigenvalue weighted by atomic mass is 9.90. The van der Waals surface area contributed by atoms with Gasteiger partial charge in [-0.05, 0) is 105 Å². The molecule has 0 saturated carbocycles. The molecule has 59 heavy (non-hydrogen) atoms. The number of rotatable bonds is 10. The van der Waals surface area contributed by atoms with Gasteiger partial charge in [0.2, 0.25) is 5.36 Å². The first-order valence-electron chi connectivity index (χ1n) is 18.8. The molecule has 12 nitrogen and oxygen atoms in total. The molecular formula is C43H51ClN5O7S3+. The third-order valence-corrected chi connectivity index (χ3v) is 12.7. The second-order valence-corrected chi connectivity index (χ2v) is 17.8. The Morgan fingerprint density at radius 3 is 1.86 bits per heavy atom.